The highest BCUT2D eigenvalue weighted by Gasteiger charge is 2.22. The van der Waals surface area contributed by atoms with Crippen LogP contribution in [-0.4, -0.2) is 101 Å². The Morgan fingerprint density at radius 1 is 0.618 bits per heavy atom. The standard InChI is InChI=1S/C24H38O10/c1-3-29-11-13-33-17-15-31-9-7-19-5-6-21(23(25)26)22(24(27)28)20(19)8-10-32-16-18-34-14-12-30-4-2/h5-6H,3-4,7-18H2,1-2H3,(H,25,26)(H,27,28). The predicted molar refractivity (Wildman–Crippen MR) is 124 cm³/mol. The van der Waals surface area contributed by atoms with Crippen LogP contribution in [-0.2, 0) is 41.3 Å². The molecule has 1 rings (SSSR count). The first kappa shape index (κ1) is 30.0. The number of carboxylic acid groups (broad SMARTS) is 2. The van der Waals surface area contributed by atoms with Crippen LogP contribution in [0, 0.1) is 0 Å². The average molecular weight is 487 g/mol. The molecule has 0 aliphatic heterocycles. The lowest BCUT2D eigenvalue weighted by atomic mass is 9.92. The highest BCUT2D eigenvalue weighted by Crippen LogP contribution is 2.22. The van der Waals surface area contributed by atoms with E-state index in [9.17, 15) is 19.8 Å². The molecule has 0 amide bonds. The largest absolute Gasteiger partial charge is 0.478 e. The van der Waals surface area contributed by atoms with Gasteiger partial charge in [-0.15, -0.1) is 0 Å². The smallest absolute Gasteiger partial charge is 0.336 e. The fourth-order valence-corrected chi connectivity index (χ4v) is 3.16. The summed E-state index contributed by atoms with van der Waals surface area (Å²) in [7, 11) is 0. The number of benzene rings is 1. The molecule has 0 radical (unpaired) electrons. The van der Waals surface area contributed by atoms with E-state index >= 15 is 0 Å². The molecule has 0 aliphatic rings. The summed E-state index contributed by atoms with van der Waals surface area (Å²) in [6.07, 6.45) is 0.701. The van der Waals surface area contributed by atoms with Crippen molar-refractivity contribution in [1.29, 1.82) is 0 Å². The minimum absolute atomic E-state index is 0.208. The maximum Gasteiger partial charge on any atom is 0.336 e. The van der Waals surface area contributed by atoms with Crippen molar-refractivity contribution >= 4 is 11.9 Å². The molecule has 0 saturated carbocycles. The Kier molecular flexibility index (Phi) is 17.0. The van der Waals surface area contributed by atoms with Crippen molar-refractivity contribution in [3.8, 4) is 0 Å². The monoisotopic (exact) mass is 486 g/mol. The zero-order chi connectivity index (χ0) is 25.0. The molecule has 0 aromatic heterocycles. The molecule has 0 atom stereocenters. The zero-order valence-corrected chi connectivity index (χ0v) is 20.2. The quantitative estimate of drug-likeness (QED) is 0.235. The van der Waals surface area contributed by atoms with Crippen molar-refractivity contribution in [2.75, 3.05) is 79.3 Å². The van der Waals surface area contributed by atoms with E-state index in [-0.39, 0.29) is 24.2 Å². The summed E-state index contributed by atoms with van der Waals surface area (Å²) in [5, 5.41) is 19.1. The van der Waals surface area contributed by atoms with Crippen LogP contribution >= 0.6 is 0 Å². The van der Waals surface area contributed by atoms with Crippen LogP contribution in [0.4, 0.5) is 0 Å². The van der Waals surface area contributed by atoms with Crippen molar-refractivity contribution < 1.29 is 48.2 Å². The minimum Gasteiger partial charge on any atom is -0.478 e. The second-order valence-electron chi connectivity index (χ2n) is 7.08. The number of aromatic carboxylic acids is 2. The lowest BCUT2D eigenvalue weighted by Gasteiger charge is -2.16. The Bertz CT molecular complexity index is 707. The summed E-state index contributed by atoms with van der Waals surface area (Å²) in [6.45, 7) is 9.28. The van der Waals surface area contributed by atoms with Crippen LogP contribution in [0.25, 0.3) is 0 Å². The van der Waals surface area contributed by atoms with Gasteiger partial charge in [-0.05, 0) is 43.9 Å². The van der Waals surface area contributed by atoms with E-state index < -0.39 is 11.9 Å². The summed E-state index contributed by atoms with van der Waals surface area (Å²) in [5.41, 5.74) is 0.715. The molecule has 10 nitrogen and oxygen atoms in total. The summed E-state index contributed by atoms with van der Waals surface area (Å²) in [5.74, 6) is -2.56. The molecule has 1 aromatic carbocycles. The Hall–Kier alpha value is -2.08. The lowest BCUT2D eigenvalue weighted by Crippen LogP contribution is -2.17. The van der Waals surface area contributed by atoms with Crippen molar-refractivity contribution in [3.63, 3.8) is 0 Å². The molecular weight excluding hydrogens is 448 g/mol. The molecule has 2 N–H and O–H groups in total. The molecule has 0 spiro atoms. The Labute approximate surface area is 201 Å². The van der Waals surface area contributed by atoms with Gasteiger partial charge in [0.2, 0.25) is 0 Å². The number of ether oxygens (including phenoxy) is 6. The van der Waals surface area contributed by atoms with Gasteiger partial charge in [0.05, 0.1) is 77.2 Å². The first-order chi connectivity index (χ1) is 16.5. The molecule has 194 valence electrons. The Balaban J connectivity index is 2.60. The van der Waals surface area contributed by atoms with Gasteiger partial charge < -0.3 is 38.6 Å². The fourth-order valence-electron chi connectivity index (χ4n) is 3.16. The first-order valence-electron chi connectivity index (χ1n) is 11.6. The van der Waals surface area contributed by atoms with Gasteiger partial charge in [-0.1, -0.05) is 6.07 Å². The lowest BCUT2D eigenvalue weighted by molar-refractivity contribution is 0.0169. The van der Waals surface area contributed by atoms with Gasteiger partial charge in [-0.25, -0.2) is 9.59 Å². The first-order valence-corrected chi connectivity index (χ1v) is 11.6. The average Bonchev–Trinajstić information content (AvgIpc) is 2.81. The minimum atomic E-state index is -1.28. The maximum absolute atomic E-state index is 11.9. The van der Waals surface area contributed by atoms with Gasteiger partial charge in [-0.2, -0.15) is 0 Å². The molecule has 0 aliphatic carbocycles. The van der Waals surface area contributed by atoms with Gasteiger partial charge >= 0.3 is 11.9 Å². The van der Waals surface area contributed by atoms with Crippen LogP contribution in [0.5, 0.6) is 0 Å². The van der Waals surface area contributed by atoms with Gasteiger partial charge in [0.1, 0.15) is 0 Å². The molecular formula is C24H38O10. The predicted octanol–water partition coefficient (Wildman–Crippen LogP) is 2.31. The molecule has 0 heterocycles. The van der Waals surface area contributed by atoms with Crippen LogP contribution in [0.1, 0.15) is 45.7 Å². The highest BCUT2D eigenvalue weighted by atomic mass is 16.5. The molecule has 34 heavy (non-hydrogen) atoms. The van der Waals surface area contributed by atoms with Crippen molar-refractivity contribution in [3.05, 3.63) is 34.4 Å². The van der Waals surface area contributed by atoms with Gasteiger partial charge in [0, 0.05) is 13.2 Å². The number of rotatable bonds is 22. The van der Waals surface area contributed by atoms with E-state index in [4.69, 9.17) is 28.4 Å². The van der Waals surface area contributed by atoms with Crippen LogP contribution in [0.15, 0.2) is 12.1 Å². The molecule has 0 saturated heterocycles. The molecule has 10 heteroatoms. The van der Waals surface area contributed by atoms with E-state index in [0.717, 1.165) is 5.56 Å². The van der Waals surface area contributed by atoms with Gasteiger partial charge in [0.15, 0.2) is 0 Å². The second kappa shape index (κ2) is 19.2. The van der Waals surface area contributed by atoms with Crippen LogP contribution < -0.4 is 0 Å². The highest BCUT2D eigenvalue weighted by molar-refractivity contribution is 6.03. The van der Waals surface area contributed by atoms with Crippen molar-refractivity contribution in [1.82, 2.24) is 0 Å². The van der Waals surface area contributed by atoms with E-state index in [1.165, 1.54) is 6.07 Å². The topological polar surface area (TPSA) is 130 Å². The third kappa shape index (κ3) is 12.4. The number of hydrogen-bond acceptors (Lipinski definition) is 8. The summed E-state index contributed by atoms with van der Waals surface area (Å²) in [4.78, 5) is 23.5. The van der Waals surface area contributed by atoms with E-state index in [0.29, 0.717) is 84.7 Å². The number of carboxylic acids is 2. The van der Waals surface area contributed by atoms with Crippen LogP contribution in [0.3, 0.4) is 0 Å². The number of carbonyl (C=O) groups is 2. The maximum atomic E-state index is 11.9. The van der Waals surface area contributed by atoms with Gasteiger partial charge in [-0.3, -0.25) is 0 Å². The van der Waals surface area contributed by atoms with E-state index in [2.05, 4.69) is 0 Å². The zero-order valence-electron chi connectivity index (χ0n) is 20.2. The molecule has 0 unspecified atom stereocenters. The van der Waals surface area contributed by atoms with E-state index in [1.807, 2.05) is 13.8 Å². The SMILES string of the molecule is CCOCCOCCOCCc1ccc(C(=O)O)c(C(=O)O)c1CCOCCOCCOCC. The summed E-state index contributed by atoms with van der Waals surface area (Å²) in [6, 6.07) is 2.97. The Morgan fingerprint density at radius 3 is 1.50 bits per heavy atom. The van der Waals surface area contributed by atoms with E-state index in [1.54, 1.807) is 6.07 Å². The van der Waals surface area contributed by atoms with Crippen LogP contribution in [0.2, 0.25) is 0 Å². The van der Waals surface area contributed by atoms with Gasteiger partial charge in [0.25, 0.3) is 0 Å². The summed E-state index contributed by atoms with van der Waals surface area (Å²) >= 11 is 0. The third-order valence-electron chi connectivity index (χ3n) is 4.76. The molecule has 0 fully saturated rings. The third-order valence-corrected chi connectivity index (χ3v) is 4.76. The fraction of sp³-hybridized carbons (Fsp3) is 0.667. The number of hydrogen-bond donors (Lipinski definition) is 2. The molecule has 1 aromatic rings. The second-order valence-corrected chi connectivity index (χ2v) is 7.08. The van der Waals surface area contributed by atoms with Crippen molar-refractivity contribution in [2.24, 2.45) is 0 Å². The van der Waals surface area contributed by atoms with Crippen molar-refractivity contribution in [2.45, 2.75) is 26.7 Å². The molecule has 0 bridgehead atoms. The normalized spacial score (nSPS) is 11.1. The Morgan fingerprint density at radius 2 is 1.06 bits per heavy atom. The summed E-state index contributed by atoms with van der Waals surface area (Å²) < 4.78 is 32.3.